The Labute approximate surface area is 125 Å². The predicted molar refractivity (Wildman–Crippen MR) is 85.9 cm³/mol. The van der Waals surface area contributed by atoms with Crippen molar-refractivity contribution in [1.82, 2.24) is 5.32 Å². The zero-order valence-corrected chi connectivity index (χ0v) is 14.5. The standard InChI is InChI=1S/C17H35NO2/c1-7-9-13-18-15(19)10-11-17(5,6)20-14-12-16(3,4)8-2/h7-14H2,1-6H3,(H,18,19). The molecule has 0 spiro atoms. The van der Waals surface area contributed by atoms with Crippen LogP contribution in [-0.4, -0.2) is 24.7 Å². The lowest BCUT2D eigenvalue weighted by atomic mass is 9.87. The van der Waals surface area contributed by atoms with Crippen LogP contribution in [0.5, 0.6) is 0 Å². The summed E-state index contributed by atoms with van der Waals surface area (Å²) in [6.07, 6.45) is 5.72. The Morgan fingerprint density at radius 1 is 1.10 bits per heavy atom. The molecular weight excluding hydrogens is 250 g/mol. The van der Waals surface area contributed by atoms with Crippen LogP contribution in [0.25, 0.3) is 0 Å². The number of carbonyl (C=O) groups excluding carboxylic acids is 1. The van der Waals surface area contributed by atoms with E-state index >= 15 is 0 Å². The first-order valence-electron chi connectivity index (χ1n) is 8.13. The second kappa shape index (κ2) is 9.38. The van der Waals surface area contributed by atoms with E-state index in [0.29, 0.717) is 11.8 Å². The molecule has 0 atom stereocenters. The van der Waals surface area contributed by atoms with E-state index in [2.05, 4.69) is 46.9 Å². The summed E-state index contributed by atoms with van der Waals surface area (Å²) in [5.74, 6) is 0.143. The van der Waals surface area contributed by atoms with Gasteiger partial charge in [0, 0.05) is 19.6 Å². The topological polar surface area (TPSA) is 38.3 Å². The van der Waals surface area contributed by atoms with Crippen molar-refractivity contribution >= 4 is 5.91 Å². The molecule has 0 bridgehead atoms. The maximum Gasteiger partial charge on any atom is 0.220 e. The Kier molecular flexibility index (Phi) is 9.11. The third-order valence-electron chi connectivity index (χ3n) is 4.04. The lowest BCUT2D eigenvalue weighted by Crippen LogP contribution is -2.31. The van der Waals surface area contributed by atoms with Gasteiger partial charge in [-0.15, -0.1) is 0 Å². The van der Waals surface area contributed by atoms with Gasteiger partial charge >= 0.3 is 0 Å². The van der Waals surface area contributed by atoms with E-state index in [-0.39, 0.29) is 11.5 Å². The van der Waals surface area contributed by atoms with E-state index in [1.807, 2.05) is 0 Å². The van der Waals surface area contributed by atoms with Gasteiger partial charge in [0.25, 0.3) is 0 Å². The van der Waals surface area contributed by atoms with E-state index in [0.717, 1.165) is 45.3 Å². The van der Waals surface area contributed by atoms with Gasteiger partial charge in [0.2, 0.25) is 5.91 Å². The number of rotatable bonds is 11. The van der Waals surface area contributed by atoms with Gasteiger partial charge in [-0.25, -0.2) is 0 Å². The molecule has 0 radical (unpaired) electrons. The molecule has 0 unspecified atom stereocenters. The van der Waals surface area contributed by atoms with Crippen LogP contribution < -0.4 is 5.32 Å². The second-order valence-corrected chi connectivity index (χ2v) is 7.08. The van der Waals surface area contributed by atoms with E-state index in [4.69, 9.17) is 4.74 Å². The Morgan fingerprint density at radius 3 is 2.30 bits per heavy atom. The highest BCUT2D eigenvalue weighted by molar-refractivity contribution is 5.75. The normalized spacial score (nSPS) is 12.5. The summed E-state index contributed by atoms with van der Waals surface area (Å²) in [6, 6.07) is 0. The maximum absolute atomic E-state index is 11.7. The minimum atomic E-state index is -0.216. The van der Waals surface area contributed by atoms with Crippen molar-refractivity contribution < 1.29 is 9.53 Å². The number of hydrogen-bond acceptors (Lipinski definition) is 2. The first-order chi connectivity index (χ1) is 9.22. The van der Waals surface area contributed by atoms with E-state index in [1.54, 1.807) is 0 Å². The van der Waals surface area contributed by atoms with Gasteiger partial charge < -0.3 is 10.1 Å². The Balaban J connectivity index is 3.86. The number of carbonyl (C=O) groups is 1. The zero-order chi connectivity index (χ0) is 15.6. The maximum atomic E-state index is 11.7. The molecule has 0 aromatic carbocycles. The van der Waals surface area contributed by atoms with Crippen molar-refractivity contribution in [2.75, 3.05) is 13.2 Å². The van der Waals surface area contributed by atoms with Crippen LogP contribution in [0.2, 0.25) is 0 Å². The minimum Gasteiger partial charge on any atom is -0.376 e. The monoisotopic (exact) mass is 285 g/mol. The van der Waals surface area contributed by atoms with Crippen molar-refractivity contribution in [3.63, 3.8) is 0 Å². The molecule has 3 nitrogen and oxygen atoms in total. The molecule has 1 amide bonds. The summed E-state index contributed by atoms with van der Waals surface area (Å²) in [5, 5.41) is 2.95. The number of hydrogen-bond donors (Lipinski definition) is 1. The predicted octanol–water partition coefficient (Wildman–Crippen LogP) is 4.30. The first kappa shape index (κ1) is 19.4. The molecule has 0 rings (SSSR count). The molecule has 0 aliphatic carbocycles. The number of unbranched alkanes of at least 4 members (excludes halogenated alkanes) is 1. The van der Waals surface area contributed by atoms with Gasteiger partial charge in [-0.3, -0.25) is 4.79 Å². The molecule has 0 saturated heterocycles. The lowest BCUT2D eigenvalue weighted by Gasteiger charge is -2.28. The fourth-order valence-electron chi connectivity index (χ4n) is 1.76. The third kappa shape index (κ3) is 10.2. The summed E-state index contributed by atoms with van der Waals surface area (Å²) in [4.78, 5) is 11.7. The van der Waals surface area contributed by atoms with Gasteiger partial charge in [-0.2, -0.15) is 0 Å². The number of amides is 1. The van der Waals surface area contributed by atoms with Crippen molar-refractivity contribution in [2.45, 2.75) is 85.7 Å². The summed E-state index contributed by atoms with van der Waals surface area (Å²) >= 11 is 0. The van der Waals surface area contributed by atoms with Crippen LogP contribution in [0, 0.1) is 5.41 Å². The first-order valence-corrected chi connectivity index (χ1v) is 8.13. The molecule has 0 aromatic rings. The fraction of sp³-hybridized carbons (Fsp3) is 0.941. The number of nitrogens with one attached hydrogen (secondary N) is 1. The van der Waals surface area contributed by atoms with Crippen molar-refractivity contribution in [1.29, 1.82) is 0 Å². The number of ether oxygens (including phenoxy) is 1. The lowest BCUT2D eigenvalue weighted by molar-refractivity contribution is -0.123. The minimum absolute atomic E-state index is 0.143. The van der Waals surface area contributed by atoms with E-state index in [1.165, 1.54) is 0 Å². The fourth-order valence-corrected chi connectivity index (χ4v) is 1.76. The highest BCUT2D eigenvalue weighted by atomic mass is 16.5. The highest BCUT2D eigenvalue weighted by Gasteiger charge is 2.22. The van der Waals surface area contributed by atoms with Crippen molar-refractivity contribution in [3.8, 4) is 0 Å². The van der Waals surface area contributed by atoms with Gasteiger partial charge in [0.15, 0.2) is 0 Å². The van der Waals surface area contributed by atoms with E-state index < -0.39 is 0 Å². The summed E-state index contributed by atoms with van der Waals surface area (Å²) < 4.78 is 5.96. The van der Waals surface area contributed by atoms with Gasteiger partial charge in [0.05, 0.1) is 5.60 Å². The van der Waals surface area contributed by atoms with Crippen molar-refractivity contribution in [2.24, 2.45) is 5.41 Å². The smallest absolute Gasteiger partial charge is 0.220 e. The molecule has 0 aliphatic rings. The molecule has 0 saturated carbocycles. The molecule has 0 fully saturated rings. The molecule has 20 heavy (non-hydrogen) atoms. The SMILES string of the molecule is CCCCNC(=O)CCC(C)(C)OCCC(C)(C)CC. The summed E-state index contributed by atoms with van der Waals surface area (Å²) in [6.45, 7) is 14.6. The van der Waals surface area contributed by atoms with Crippen LogP contribution >= 0.6 is 0 Å². The molecule has 0 aromatic heterocycles. The molecule has 120 valence electrons. The average Bonchev–Trinajstić information content (AvgIpc) is 2.36. The average molecular weight is 285 g/mol. The zero-order valence-electron chi connectivity index (χ0n) is 14.5. The highest BCUT2D eigenvalue weighted by Crippen LogP contribution is 2.26. The van der Waals surface area contributed by atoms with Crippen LogP contribution in [0.4, 0.5) is 0 Å². The van der Waals surface area contributed by atoms with Gasteiger partial charge in [-0.05, 0) is 38.5 Å². The Morgan fingerprint density at radius 2 is 1.75 bits per heavy atom. The van der Waals surface area contributed by atoms with Crippen LogP contribution in [-0.2, 0) is 9.53 Å². The summed E-state index contributed by atoms with van der Waals surface area (Å²) in [5.41, 5.74) is 0.125. The van der Waals surface area contributed by atoms with E-state index in [9.17, 15) is 4.79 Å². The molecular formula is C17H35NO2. The molecule has 0 aliphatic heterocycles. The third-order valence-corrected chi connectivity index (χ3v) is 4.04. The van der Waals surface area contributed by atoms with Gasteiger partial charge in [0.1, 0.15) is 0 Å². The van der Waals surface area contributed by atoms with Crippen LogP contribution in [0.1, 0.15) is 80.1 Å². The Hall–Kier alpha value is -0.570. The largest absolute Gasteiger partial charge is 0.376 e. The second-order valence-electron chi connectivity index (χ2n) is 7.08. The van der Waals surface area contributed by atoms with Crippen LogP contribution in [0.3, 0.4) is 0 Å². The molecule has 1 N–H and O–H groups in total. The summed E-state index contributed by atoms with van der Waals surface area (Å²) in [7, 11) is 0. The Bertz CT molecular complexity index is 272. The van der Waals surface area contributed by atoms with Crippen molar-refractivity contribution in [3.05, 3.63) is 0 Å². The van der Waals surface area contributed by atoms with Gasteiger partial charge in [-0.1, -0.05) is 40.5 Å². The quantitative estimate of drug-likeness (QED) is 0.575. The molecule has 0 heterocycles. The van der Waals surface area contributed by atoms with Crippen LogP contribution in [0.15, 0.2) is 0 Å². The molecule has 3 heteroatoms.